The monoisotopic (exact) mass is 197 g/mol. The van der Waals surface area contributed by atoms with Crippen LogP contribution in [0, 0.1) is 0 Å². The van der Waals surface area contributed by atoms with Crippen molar-refractivity contribution in [3.8, 4) is 0 Å². The molecule has 3 nitrogen and oxygen atoms in total. The molecule has 0 fully saturated rings. The SMILES string of the molecule is CCC(C)(N)CC1=[N+]([NH-])C(C)(C)CC1. The number of nitrogens with one attached hydrogen (secondary N) is 1. The molecule has 1 heterocycles. The Labute approximate surface area is 87.1 Å². The zero-order valence-electron chi connectivity index (χ0n) is 9.85. The molecule has 14 heavy (non-hydrogen) atoms. The zero-order valence-corrected chi connectivity index (χ0v) is 9.85. The van der Waals surface area contributed by atoms with Crippen molar-refractivity contribution in [2.45, 2.75) is 64.5 Å². The summed E-state index contributed by atoms with van der Waals surface area (Å²) in [4.78, 5) is 0. The van der Waals surface area contributed by atoms with Crippen LogP contribution in [-0.2, 0) is 0 Å². The Hall–Kier alpha value is -0.570. The van der Waals surface area contributed by atoms with Crippen LogP contribution in [0.3, 0.4) is 0 Å². The predicted octanol–water partition coefficient (Wildman–Crippen LogP) is 2.50. The van der Waals surface area contributed by atoms with Gasteiger partial charge in [-0.3, -0.25) is 4.68 Å². The summed E-state index contributed by atoms with van der Waals surface area (Å²) in [5.41, 5.74) is 7.17. The summed E-state index contributed by atoms with van der Waals surface area (Å²) in [5, 5.41) is 0. The molecule has 3 heteroatoms. The fraction of sp³-hybridized carbons (Fsp3) is 0.909. The molecule has 0 saturated heterocycles. The minimum Gasteiger partial charge on any atom is -0.454 e. The van der Waals surface area contributed by atoms with Crippen LogP contribution in [-0.4, -0.2) is 21.5 Å². The Morgan fingerprint density at radius 1 is 1.57 bits per heavy atom. The molecule has 1 atom stereocenters. The smallest absolute Gasteiger partial charge is 0.151 e. The largest absolute Gasteiger partial charge is 0.454 e. The van der Waals surface area contributed by atoms with Gasteiger partial charge < -0.3 is 11.6 Å². The van der Waals surface area contributed by atoms with E-state index in [1.54, 1.807) is 4.68 Å². The Bertz CT molecular complexity index is 251. The quantitative estimate of drug-likeness (QED) is 0.694. The highest BCUT2D eigenvalue weighted by Gasteiger charge is 2.37. The highest BCUT2D eigenvalue weighted by Crippen LogP contribution is 2.27. The van der Waals surface area contributed by atoms with E-state index in [1.807, 2.05) is 0 Å². The predicted molar refractivity (Wildman–Crippen MR) is 60.4 cm³/mol. The van der Waals surface area contributed by atoms with Crippen molar-refractivity contribution in [3.63, 3.8) is 0 Å². The normalized spacial score (nSPS) is 25.2. The highest BCUT2D eigenvalue weighted by atomic mass is 15.4. The van der Waals surface area contributed by atoms with E-state index in [1.165, 1.54) is 5.71 Å². The van der Waals surface area contributed by atoms with E-state index in [0.717, 1.165) is 25.7 Å². The summed E-state index contributed by atoms with van der Waals surface area (Å²) in [6, 6.07) is 0. The van der Waals surface area contributed by atoms with Gasteiger partial charge in [0.15, 0.2) is 5.54 Å². The zero-order chi connectivity index (χ0) is 11.0. The minimum absolute atomic E-state index is 0.000839. The van der Waals surface area contributed by atoms with Crippen molar-refractivity contribution in [2.24, 2.45) is 5.73 Å². The van der Waals surface area contributed by atoms with Crippen LogP contribution in [0.5, 0.6) is 0 Å². The van der Waals surface area contributed by atoms with Crippen molar-refractivity contribution in [1.29, 1.82) is 0 Å². The molecular weight excluding hydrogens is 174 g/mol. The minimum atomic E-state index is -0.144. The first-order chi connectivity index (χ1) is 6.28. The van der Waals surface area contributed by atoms with Gasteiger partial charge in [-0.05, 0) is 27.2 Å². The second-order valence-electron chi connectivity index (χ2n) is 5.40. The lowest BCUT2D eigenvalue weighted by Crippen LogP contribution is -2.39. The molecule has 1 aliphatic rings. The molecule has 82 valence electrons. The van der Waals surface area contributed by atoms with E-state index in [-0.39, 0.29) is 11.1 Å². The van der Waals surface area contributed by atoms with Gasteiger partial charge in [0, 0.05) is 24.8 Å². The molecular formula is C11H23N3. The van der Waals surface area contributed by atoms with Crippen LogP contribution in [0.25, 0.3) is 5.84 Å². The summed E-state index contributed by atoms with van der Waals surface area (Å²) >= 11 is 0. The van der Waals surface area contributed by atoms with Gasteiger partial charge in [-0.15, -0.1) is 0 Å². The number of hydrogen-bond acceptors (Lipinski definition) is 1. The lowest BCUT2D eigenvalue weighted by atomic mass is 9.92. The second-order valence-corrected chi connectivity index (χ2v) is 5.40. The van der Waals surface area contributed by atoms with Crippen molar-refractivity contribution in [2.75, 3.05) is 0 Å². The van der Waals surface area contributed by atoms with Gasteiger partial charge in [0.2, 0.25) is 0 Å². The molecule has 1 rings (SSSR count). The maximum atomic E-state index is 7.99. The van der Waals surface area contributed by atoms with Gasteiger partial charge in [0.25, 0.3) is 0 Å². The molecule has 0 radical (unpaired) electrons. The number of hydrogen-bond donors (Lipinski definition) is 1. The molecule has 0 spiro atoms. The molecule has 0 aromatic carbocycles. The lowest BCUT2D eigenvalue weighted by molar-refractivity contribution is -0.532. The lowest BCUT2D eigenvalue weighted by Gasteiger charge is -2.23. The first-order valence-electron chi connectivity index (χ1n) is 5.43. The molecule has 1 unspecified atom stereocenters. The fourth-order valence-electron chi connectivity index (χ4n) is 1.86. The number of nitrogens with zero attached hydrogens (tertiary/aromatic N) is 1. The summed E-state index contributed by atoms with van der Waals surface area (Å²) in [5.74, 6) is 7.99. The molecule has 3 N–H and O–H groups in total. The van der Waals surface area contributed by atoms with Gasteiger partial charge in [0.1, 0.15) is 5.71 Å². The Morgan fingerprint density at radius 3 is 2.50 bits per heavy atom. The van der Waals surface area contributed by atoms with Crippen molar-refractivity contribution in [3.05, 3.63) is 5.84 Å². The van der Waals surface area contributed by atoms with Crippen molar-refractivity contribution < 1.29 is 4.68 Å². The highest BCUT2D eigenvalue weighted by molar-refractivity contribution is 5.82. The standard InChI is InChI=1S/C11H23N3/c1-5-11(4,12)8-9-6-7-10(2,3)14(9)13/h13H,5-8,12H2,1-4H3. The Morgan fingerprint density at radius 2 is 2.14 bits per heavy atom. The summed E-state index contributed by atoms with van der Waals surface area (Å²) in [6.07, 6.45) is 3.93. The fourth-order valence-corrected chi connectivity index (χ4v) is 1.86. The van der Waals surface area contributed by atoms with E-state index in [0.29, 0.717) is 0 Å². The van der Waals surface area contributed by atoms with Gasteiger partial charge >= 0.3 is 0 Å². The van der Waals surface area contributed by atoms with Gasteiger partial charge in [-0.2, -0.15) is 0 Å². The van der Waals surface area contributed by atoms with E-state index >= 15 is 0 Å². The first kappa shape index (κ1) is 11.5. The topological polar surface area (TPSA) is 52.8 Å². The number of nitrogens with two attached hydrogens (primary N) is 1. The Balaban J connectivity index is 2.77. The molecule has 0 saturated carbocycles. The second kappa shape index (κ2) is 3.54. The molecule has 0 aromatic heterocycles. The van der Waals surface area contributed by atoms with Crippen LogP contribution >= 0.6 is 0 Å². The summed E-state index contributed by atoms with van der Waals surface area (Å²) in [6.45, 7) is 8.41. The van der Waals surface area contributed by atoms with Crippen LogP contribution in [0.15, 0.2) is 0 Å². The first-order valence-corrected chi connectivity index (χ1v) is 5.43. The van der Waals surface area contributed by atoms with E-state index in [2.05, 4.69) is 27.7 Å². The van der Waals surface area contributed by atoms with Crippen LogP contribution < -0.4 is 5.73 Å². The van der Waals surface area contributed by atoms with Crippen LogP contribution in [0.4, 0.5) is 0 Å². The Kier molecular flexibility index (Phi) is 2.91. The molecule has 0 aromatic rings. The molecule has 1 aliphatic heterocycles. The van der Waals surface area contributed by atoms with Crippen LogP contribution in [0.1, 0.15) is 53.4 Å². The molecule has 0 amide bonds. The van der Waals surface area contributed by atoms with Gasteiger partial charge in [0.05, 0.1) is 0 Å². The van der Waals surface area contributed by atoms with E-state index in [9.17, 15) is 0 Å². The van der Waals surface area contributed by atoms with E-state index < -0.39 is 0 Å². The van der Waals surface area contributed by atoms with Crippen molar-refractivity contribution >= 4 is 5.71 Å². The summed E-state index contributed by atoms with van der Waals surface area (Å²) in [7, 11) is 0. The maximum absolute atomic E-state index is 7.99. The average molecular weight is 197 g/mol. The van der Waals surface area contributed by atoms with Crippen molar-refractivity contribution in [1.82, 2.24) is 0 Å². The third kappa shape index (κ3) is 2.27. The third-order valence-electron chi connectivity index (χ3n) is 3.36. The average Bonchev–Trinajstić information content (AvgIpc) is 2.32. The third-order valence-corrected chi connectivity index (χ3v) is 3.36. The molecule has 0 aliphatic carbocycles. The number of rotatable bonds is 3. The van der Waals surface area contributed by atoms with E-state index in [4.69, 9.17) is 11.6 Å². The van der Waals surface area contributed by atoms with Gasteiger partial charge in [-0.25, -0.2) is 0 Å². The van der Waals surface area contributed by atoms with Gasteiger partial charge in [-0.1, -0.05) is 6.92 Å². The summed E-state index contributed by atoms with van der Waals surface area (Å²) < 4.78 is 1.67. The van der Waals surface area contributed by atoms with Crippen LogP contribution in [0.2, 0.25) is 0 Å². The molecule has 0 bridgehead atoms. The maximum Gasteiger partial charge on any atom is 0.151 e.